The Morgan fingerprint density at radius 3 is 1.67 bits per heavy atom. The second-order valence-electron chi connectivity index (χ2n) is 2.79. The van der Waals surface area contributed by atoms with Crippen LogP contribution in [0.15, 0.2) is 12.1 Å². The maximum absolute atomic E-state index is 12.4. The molecular formula is C7H4BF6K. The minimum absolute atomic E-state index is 0. The van der Waals surface area contributed by atoms with Gasteiger partial charge in [0.15, 0.2) is 17.5 Å². The third kappa shape index (κ3) is 4.90. The summed E-state index contributed by atoms with van der Waals surface area (Å²) >= 11 is 0. The first-order valence-corrected chi connectivity index (χ1v) is 3.64. The van der Waals surface area contributed by atoms with Crippen LogP contribution >= 0.6 is 0 Å². The third-order valence-corrected chi connectivity index (χ3v) is 1.51. The van der Waals surface area contributed by atoms with Crippen LogP contribution in [0.1, 0.15) is 5.56 Å². The zero-order chi connectivity index (χ0) is 10.9. The normalized spacial score (nSPS) is 11.1. The molecule has 0 amide bonds. The van der Waals surface area contributed by atoms with Gasteiger partial charge in [-0.3, -0.25) is 0 Å². The van der Waals surface area contributed by atoms with Crippen LogP contribution in [0.3, 0.4) is 0 Å². The van der Waals surface area contributed by atoms with E-state index >= 15 is 0 Å². The minimum Gasteiger partial charge on any atom is -0.449 e. The van der Waals surface area contributed by atoms with Gasteiger partial charge in [-0.15, -0.1) is 0 Å². The largest absolute Gasteiger partial charge is 1.00 e. The van der Waals surface area contributed by atoms with Gasteiger partial charge in [0.25, 0.3) is 0 Å². The molecule has 0 bridgehead atoms. The molecule has 0 fully saturated rings. The predicted octanol–water partition coefficient (Wildman–Crippen LogP) is 0.0370. The maximum Gasteiger partial charge on any atom is 1.00 e. The van der Waals surface area contributed by atoms with Gasteiger partial charge in [-0.2, -0.15) is 0 Å². The molecule has 0 saturated carbocycles. The van der Waals surface area contributed by atoms with E-state index in [0.29, 0.717) is 12.1 Å². The van der Waals surface area contributed by atoms with Crippen LogP contribution in [0, 0.1) is 17.5 Å². The van der Waals surface area contributed by atoms with Gasteiger partial charge in [-0.1, -0.05) is 11.9 Å². The van der Waals surface area contributed by atoms with Gasteiger partial charge in [-0.05, 0) is 12.1 Å². The summed E-state index contributed by atoms with van der Waals surface area (Å²) in [6.07, 6.45) is -1.42. The van der Waals surface area contributed by atoms with Crippen molar-refractivity contribution in [1.29, 1.82) is 0 Å². The monoisotopic (exact) mass is 252 g/mol. The van der Waals surface area contributed by atoms with Crippen molar-refractivity contribution in [3.8, 4) is 0 Å². The molecule has 0 unspecified atom stereocenters. The Kier molecular flexibility index (Phi) is 5.91. The molecular weight excluding hydrogens is 248 g/mol. The number of benzene rings is 1. The molecule has 0 aliphatic rings. The molecule has 1 rings (SSSR count). The van der Waals surface area contributed by atoms with Crippen LogP contribution in [-0.4, -0.2) is 6.98 Å². The van der Waals surface area contributed by atoms with Gasteiger partial charge < -0.3 is 12.9 Å². The second-order valence-corrected chi connectivity index (χ2v) is 2.79. The Morgan fingerprint density at radius 2 is 1.33 bits per heavy atom. The summed E-state index contributed by atoms with van der Waals surface area (Å²) in [4.78, 5) is 0. The van der Waals surface area contributed by atoms with E-state index in [4.69, 9.17) is 0 Å². The first-order chi connectivity index (χ1) is 6.29. The fraction of sp³-hybridized carbons (Fsp3) is 0.143. The first-order valence-electron chi connectivity index (χ1n) is 3.64. The van der Waals surface area contributed by atoms with E-state index in [9.17, 15) is 26.1 Å². The fourth-order valence-corrected chi connectivity index (χ4v) is 0.993. The Labute approximate surface area is 125 Å². The van der Waals surface area contributed by atoms with Gasteiger partial charge in [0.2, 0.25) is 0 Å². The van der Waals surface area contributed by atoms with Crippen molar-refractivity contribution in [1.82, 2.24) is 0 Å². The molecule has 78 valence electrons. The Bertz CT molecular complexity index is 327. The van der Waals surface area contributed by atoms with E-state index < -0.39 is 36.3 Å². The molecule has 0 heterocycles. The molecule has 0 spiro atoms. The molecule has 0 radical (unpaired) electrons. The minimum atomic E-state index is -5.18. The van der Waals surface area contributed by atoms with Gasteiger partial charge in [0, 0.05) is 0 Å². The van der Waals surface area contributed by atoms with Crippen molar-refractivity contribution in [2.24, 2.45) is 0 Å². The topological polar surface area (TPSA) is 0 Å². The van der Waals surface area contributed by atoms with Crippen molar-refractivity contribution in [3.63, 3.8) is 0 Å². The zero-order valence-corrected chi connectivity index (χ0v) is 10.8. The van der Waals surface area contributed by atoms with Crippen LogP contribution in [0.5, 0.6) is 0 Å². The molecule has 0 N–H and O–H groups in total. The van der Waals surface area contributed by atoms with Gasteiger partial charge in [0.1, 0.15) is 0 Å². The summed E-state index contributed by atoms with van der Waals surface area (Å²) in [5.41, 5.74) is -0.617. The van der Waals surface area contributed by atoms with E-state index in [-0.39, 0.29) is 51.4 Å². The standard InChI is InChI=1S/C7H4BF6.K/c9-5-1-4(3-8(12,13)14)2-6(10)7(5)11;/h1-2H,3H2;/q-1;+1. The molecule has 0 aromatic heterocycles. The summed E-state index contributed by atoms with van der Waals surface area (Å²) in [7, 11) is 0. The van der Waals surface area contributed by atoms with E-state index in [2.05, 4.69) is 0 Å². The van der Waals surface area contributed by atoms with Gasteiger partial charge in [0.05, 0.1) is 0 Å². The number of hydrogen-bond acceptors (Lipinski definition) is 0. The molecule has 0 saturated heterocycles. The molecule has 8 heteroatoms. The molecule has 0 nitrogen and oxygen atoms in total. The maximum atomic E-state index is 12.4. The van der Waals surface area contributed by atoms with Crippen molar-refractivity contribution < 1.29 is 77.5 Å². The Hall–Kier alpha value is 0.501. The molecule has 0 aliphatic heterocycles. The number of hydrogen-bond donors (Lipinski definition) is 0. The van der Waals surface area contributed by atoms with E-state index in [0.717, 1.165) is 0 Å². The smallest absolute Gasteiger partial charge is 0.449 e. The second kappa shape index (κ2) is 5.72. The van der Waals surface area contributed by atoms with Crippen molar-refractivity contribution >= 4 is 6.98 Å². The van der Waals surface area contributed by atoms with E-state index in [1.165, 1.54) is 0 Å². The summed E-state index contributed by atoms with van der Waals surface area (Å²) in [6, 6.07) is 0.682. The molecule has 0 aliphatic carbocycles. The summed E-state index contributed by atoms with van der Waals surface area (Å²) in [6.45, 7) is -5.18. The molecule has 0 atom stereocenters. The van der Waals surface area contributed by atoms with Gasteiger partial charge >= 0.3 is 58.4 Å². The van der Waals surface area contributed by atoms with Crippen molar-refractivity contribution in [3.05, 3.63) is 35.1 Å². The Balaban J connectivity index is 0.00000196. The van der Waals surface area contributed by atoms with Crippen molar-refractivity contribution in [2.45, 2.75) is 6.32 Å². The average molecular weight is 252 g/mol. The Morgan fingerprint density at radius 1 is 0.933 bits per heavy atom. The van der Waals surface area contributed by atoms with Crippen LogP contribution in [0.25, 0.3) is 0 Å². The van der Waals surface area contributed by atoms with Crippen molar-refractivity contribution in [2.75, 3.05) is 0 Å². The summed E-state index contributed by atoms with van der Waals surface area (Å²) in [5.74, 6) is -4.98. The molecule has 1 aromatic carbocycles. The van der Waals surface area contributed by atoms with Crippen LogP contribution in [0.2, 0.25) is 0 Å². The molecule has 1 aromatic rings. The summed E-state index contributed by atoms with van der Waals surface area (Å²) < 4.78 is 72.7. The predicted molar refractivity (Wildman–Crippen MR) is 39.1 cm³/mol. The first kappa shape index (κ1) is 15.5. The summed E-state index contributed by atoms with van der Waals surface area (Å²) in [5, 5.41) is 0. The van der Waals surface area contributed by atoms with E-state index in [1.807, 2.05) is 0 Å². The van der Waals surface area contributed by atoms with Crippen LogP contribution in [-0.2, 0) is 6.32 Å². The fourth-order valence-electron chi connectivity index (χ4n) is 0.993. The van der Waals surface area contributed by atoms with Crippen LogP contribution in [0.4, 0.5) is 26.1 Å². The van der Waals surface area contributed by atoms with Crippen LogP contribution < -0.4 is 51.4 Å². The SMILES string of the molecule is Fc1cc(C[B-](F)(F)F)cc(F)c1F.[K+]. The third-order valence-electron chi connectivity index (χ3n) is 1.51. The van der Waals surface area contributed by atoms with Gasteiger partial charge in [-0.25, -0.2) is 13.2 Å². The zero-order valence-electron chi connectivity index (χ0n) is 7.71. The number of halogens is 6. The van der Waals surface area contributed by atoms with E-state index in [1.54, 1.807) is 0 Å². The molecule has 15 heavy (non-hydrogen) atoms. The number of rotatable bonds is 2. The average Bonchev–Trinajstić information content (AvgIpc) is 1.96. The quantitative estimate of drug-likeness (QED) is 0.396.